The first-order valence-corrected chi connectivity index (χ1v) is 10.5. The molecule has 2 aromatic heterocycles. The molecule has 0 atom stereocenters. The lowest BCUT2D eigenvalue weighted by Gasteiger charge is -2.17. The summed E-state index contributed by atoms with van der Waals surface area (Å²) in [7, 11) is 5.17. The van der Waals surface area contributed by atoms with Gasteiger partial charge in [0.15, 0.2) is 11.5 Å². The molecular formula is C23H22FN3O3S. The first kappa shape index (κ1) is 21.0. The van der Waals surface area contributed by atoms with Crippen molar-refractivity contribution >= 4 is 21.6 Å². The number of thiophene rings is 1. The zero-order valence-electron chi connectivity index (χ0n) is 17.4. The highest BCUT2D eigenvalue weighted by Crippen LogP contribution is 2.31. The molecule has 2 aromatic carbocycles. The molecule has 0 amide bonds. The van der Waals surface area contributed by atoms with E-state index in [9.17, 15) is 9.18 Å². The van der Waals surface area contributed by atoms with E-state index in [2.05, 4.69) is 14.9 Å². The van der Waals surface area contributed by atoms with Crippen LogP contribution in [0.15, 0.2) is 53.3 Å². The smallest absolute Gasteiger partial charge is 0.268 e. The molecule has 0 fully saturated rings. The monoisotopic (exact) mass is 439 g/mol. The normalized spacial score (nSPS) is 11.3. The zero-order chi connectivity index (χ0) is 22.0. The minimum Gasteiger partial charge on any atom is -0.493 e. The summed E-state index contributed by atoms with van der Waals surface area (Å²) in [4.78, 5) is 23.0. The molecule has 0 aliphatic rings. The molecule has 2 heterocycles. The van der Waals surface area contributed by atoms with E-state index in [1.807, 2.05) is 31.3 Å². The molecule has 4 rings (SSSR count). The summed E-state index contributed by atoms with van der Waals surface area (Å²) >= 11 is 1.35. The third-order valence-electron chi connectivity index (χ3n) is 4.88. The average molecular weight is 440 g/mol. The van der Waals surface area contributed by atoms with Crippen LogP contribution in [0.2, 0.25) is 0 Å². The fraction of sp³-hybridized carbons (Fsp3) is 0.217. The number of nitrogens with one attached hydrogen (secondary N) is 1. The number of aromatic amines is 1. The predicted molar refractivity (Wildman–Crippen MR) is 120 cm³/mol. The summed E-state index contributed by atoms with van der Waals surface area (Å²) in [5.41, 5.74) is 2.38. The lowest BCUT2D eigenvalue weighted by atomic mass is 10.2. The second kappa shape index (κ2) is 8.87. The van der Waals surface area contributed by atoms with Crippen LogP contribution in [-0.2, 0) is 13.1 Å². The number of benzene rings is 2. The Bertz CT molecular complexity index is 1270. The van der Waals surface area contributed by atoms with Crippen LogP contribution in [0.4, 0.5) is 4.39 Å². The summed E-state index contributed by atoms with van der Waals surface area (Å²) in [6, 6.07) is 13.9. The van der Waals surface area contributed by atoms with Crippen LogP contribution in [0.3, 0.4) is 0 Å². The lowest BCUT2D eigenvalue weighted by molar-refractivity contribution is 0.308. The fourth-order valence-corrected chi connectivity index (χ4v) is 4.42. The van der Waals surface area contributed by atoms with Gasteiger partial charge in [0, 0.05) is 11.4 Å². The topological polar surface area (TPSA) is 67.5 Å². The van der Waals surface area contributed by atoms with Crippen LogP contribution in [0.1, 0.15) is 11.4 Å². The van der Waals surface area contributed by atoms with Crippen LogP contribution < -0.4 is 15.0 Å². The van der Waals surface area contributed by atoms with E-state index in [-0.39, 0.29) is 11.4 Å². The Labute approximate surface area is 182 Å². The van der Waals surface area contributed by atoms with Crippen LogP contribution in [0.5, 0.6) is 11.5 Å². The van der Waals surface area contributed by atoms with Crippen LogP contribution in [0.25, 0.3) is 20.7 Å². The van der Waals surface area contributed by atoms with Crippen molar-refractivity contribution in [3.8, 4) is 21.9 Å². The number of aromatic nitrogens is 2. The molecule has 1 N–H and O–H groups in total. The number of methoxy groups -OCH3 is 2. The average Bonchev–Trinajstić information content (AvgIpc) is 3.18. The molecule has 8 heteroatoms. The molecule has 160 valence electrons. The van der Waals surface area contributed by atoms with Gasteiger partial charge in [0.25, 0.3) is 5.56 Å². The molecule has 4 aromatic rings. The summed E-state index contributed by atoms with van der Waals surface area (Å²) in [5, 5.41) is 0. The second-order valence-corrected chi connectivity index (χ2v) is 8.26. The van der Waals surface area contributed by atoms with Crippen molar-refractivity contribution in [3.63, 3.8) is 0 Å². The molecule has 0 aliphatic carbocycles. The second-order valence-electron chi connectivity index (χ2n) is 7.21. The minimum atomic E-state index is -0.291. The number of nitrogens with zero attached hydrogens (tertiary/aromatic N) is 2. The van der Waals surface area contributed by atoms with Crippen molar-refractivity contribution in [1.29, 1.82) is 0 Å². The van der Waals surface area contributed by atoms with Gasteiger partial charge in [-0.1, -0.05) is 18.2 Å². The largest absolute Gasteiger partial charge is 0.493 e. The Hall–Kier alpha value is -3.23. The van der Waals surface area contributed by atoms with E-state index in [0.29, 0.717) is 40.6 Å². The van der Waals surface area contributed by atoms with Crippen LogP contribution >= 0.6 is 11.3 Å². The van der Waals surface area contributed by atoms with Crippen molar-refractivity contribution < 1.29 is 13.9 Å². The molecule has 0 bridgehead atoms. The number of hydrogen-bond acceptors (Lipinski definition) is 6. The molecule has 0 spiro atoms. The van der Waals surface area contributed by atoms with Gasteiger partial charge in [0.05, 0.1) is 26.3 Å². The van der Waals surface area contributed by atoms with Gasteiger partial charge in [0.1, 0.15) is 16.3 Å². The first-order valence-electron chi connectivity index (χ1n) is 9.65. The first-order chi connectivity index (χ1) is 15.0. The van der Waals surface area contributed by atoms with Crippen molar-refractivity contribution in [2.24, 2.45) is 0 Å². The molecule has 31 heavy (non-hydrogen) atoms. The molecular weight excluding hydrogens is 417 g/mol. The van der Waals surface area contributed by atoms with E-state index < -0.39 is 0 Å². The van der Waals surface area contributed by atoms with Gasteiger partial charge >= 0.3 is 0 Å². The molecule has 0 saturated heterocycles. The van der Waals surface area contributed by atoms with E-state index >= 15 is 0 Å². The maximum absolute atomic E-state index is 13.2. The standard InChI is InChI=1S/C23H22FN3O3S/c1-27(12-14-4-9-18(29-2)19(10-14)30-3)13-21-25-17-11-20(31-22(17)23(28)26-21)15-5-7-16(24)8-6-15/h4-11H,12-13H2,1-3H3,(H,25,26,28). The van der Waals surface area contributed by atoms with Crippen molar-refractivity contribution in [2.45, 2.75) is 13.1 Å². The number of rotatable bonds is 7. The maximum Gasteiger partial charge on any atom is 0.268 e. The van der Waals surface area contributed by atoms with Crippen molar-refractivity contribution in [2.75, 3.05) is 21.3 Å². The highest BCUT2D eigenvalue weighted by molar-refractivity contribution is 7.22. The number of hydrogen-bond donors (Lipinski definition) is 1. The predicted octanol–water partition coefficient (Wildman–Crippen LogP) is 4.44. The van der Waals surface area contributed by atoms with Gasteiger partial charge in [-0.15, -0.1) is 11.3 Å². The SMILES string of the molecule is COc1ccc(CN(C)Cc2nc3cc(-c4ccc(F)cc4)sc3c(=O)[nH]2)cc1OC. The molecule has 0 unspecified atom stereocenters. The van der Waals surface area contributed by atoms with E-state index in [1.54, 1.807) is 26.4 Å². The maximum atomic E-state index is 13.2. The Balaban J connectivity index is 1.54. The third-order valence-corrected chi connectivity index (χ3v) is 6.05. The Morgan fingerprint density at radius 1 is 1.03 bits per heavy atom. The fourth-order valence-electron chi connectivity index (χ4n) is 3.42. The number of halogens is 1. The summed E-state index contributed by atoms with van der Waals surface area (Å²) in [6.45, 7) is 1.12. The Morgan fingerprint density at radius 3 is 2.48 bits per heavy atom. The number of fused-ring (bicyclic) bond motifs is 1. The Kier molecular flexibility index (Phi) is 6.01. The van der Waals surface area contributed by atoms with Gasteiger partial charge in [-0.05, 0) is 48.5 Å². The van der Waals surface area contributed by atoms with Gasteiger partial charge in [-0.2, -0.15) is 0 Å². The number of ether oxygens (including phenoxy) is 2. The van der Waals surface area contributed by atoms with E-state index in [1.165, 1.54) is 23.5 Å². The van der Waals surface area contributed by atoms with Crippen LogP contribution in [0, 0.1) is 5.82 Å². The van der Waals surface area contributed by atoms with Crippen LogP contribution in [-0.4, -0.2) is 36.1 Å². The van der Waals surface area contributed by atoms with Gasteiger partial charge in [0.2, 0.25) is 0 Å². The summed E-state index contributed by atoms with van der Waals surface area (Å²) in [5.74, 6) is 1.65. The van der Waals surface area contributed by atoms with Gasteiger partial charge in [-0.3, -0.25) is 9.69 Å². The van der Waals surface area contributed by atoms with Gasteiger partial charge < -0.3 is 14.5 Å². The Morgan fingerprint density at radius 2 is 1.77 bits per heavy atom. The zero-order valence-corrected chi connectivity index (χ0v) is 18.3. The molecule has 6 nitrogen and oxygen atoms in total. The van der Waals surface area contributed by atoms with Crippen molar-refractivity contribution in [1.82, 2.24) is 14.9 Å². The molecule has 0 radical (unpaired) electrons. The lowest BCUT2D eigenvalue weighted by Crippen LogP contribution is -2.21. The third kappa shape index (κ3) is 4.60. The molecule has 0 aliphatic heterocycles. The number of H-pyrrole nitrogens is 1. The summed E-state index contributed by atoms with van der Waals surface area (Å²) in [6.07, 6.45) is 0. The molecule has 0 saturated carbocycles. The quantitative estimate of drug-likeness (QED) is 0.461. The van der Waals surface area contributed by atoms with Gasteiger partial charge in [-0.25, -0.2) is 9.37 Å². The minimum absolute atomic E-state index is 0.169. The van der Waals surface area contributed by atoms with E-state index in [0.717, 1.165) is 16.0 Å². The van der Waals surface area contributed by atoms with E-state index in [4.69, 9.17) is 9.47 Å². The summed E-state index contributed by atoms with van der Waals surface area (Å²) < 4.78 is 24.4. The highest BCUT2D eigenvalue weighted by atomic mass is 32.1. The highest BCUT2D eigenvalue weighted by Gasteiger charge is 2.13. The van der Waals surface area contributed by atoms with Crippen molar-refractivity contribution in [3.05, 3.63) is 76.1 Å².